The molecular formula is C16H23N5O2. The first-order valence-electron chi connectivity index (χ1n) is 7.74. The van der Waals surface area contributed by atoms with Gasteiger partial charge in [0.25, 0.3) is 0 Å². The molecule has 2 aromatic rings. The van der Waals surface area contributed by atoms with E-state index in [0.29, 0.717) is 18.8 Å². The quantitative estimate of drug-likeness (QED) is 0.731. The summed E-state index contributed by atoms with van der Waals surface area (Å²) in [6.45, 7) is 4.02. The zero-order valence-electron chi connectivity index (χ0n) is 13.4. The van der Waals surface area contributed by atoms with Crippen molar-refractivity contribution >= 4 is 12.0 Å². The monoisotopic (exact) mass is 317 g/mol. The Morgan fingerprint density at radius 1 is 1.30 bits per heavy atom. The number of carbonyl (C=O) groups is 1. The van der Waals surface area contributed by atoms with Gasteiger partial charge in [0.1, 0.15) is 6.33 Å². The predicted octanol–water partition coefficient (Wildman–Crippen LogP) is 2.49. The Hall–Kier alpha value is -2.41. The maximum absolute atomic E-state index is 12.3. The number of hydrogen-bond donors (Lipinski definition) is 3. The van der Waals surface area contributed by atoms with Crippen LogP contribution in [0, 0.1) is 0 Å². The lowest BCUT2D eigenvalue weighted by atomic mass is 10.0. The Balaban J connectivity index is 2.04. The van der Waals surface area contributed by atoms with Crippen LogP contribution in [0.1, 0.15) is 44.3 Å². The third-order valence-electron chi connectivity index (χ3n) is 3.45. The van der Waals surface area contributed by atoms with E-state index in [1.807, 2.05) is 44.2 Å². The number of urea groups is 1. The van der Waals surface area contributed by atoms with E-state index in [9.17, 15) is 4.79 Å². The van der Waals surface area contributed by atoms with E-state index >= 15 is 0 Å². The zero-order valence-corrected chi connectivity index (χ0v) is 13.4. The molecule has 7 heteroatoms. The first-order chi connectivity index (χ1) is 11.1. The lowest BCUT2D eigenvalue weighted by molar-refractivity contribution is 0.243. The summed E-state index contributed by atoms with van der Waals surface area (Å²) in [5.41, 5.74) is 1.00. The van der Waals surface area contributed by atoms with E-state index in [1.165, 1.54) is 6.33 Å². The molecule has 2 amide bonds. The number of aliphatic hydroxyl groups excluding tert-OH is 1. The first-order valence-corrected chi connectivity index (χ1v) is 7.74. The Bertz CT molecular complexity index is 612. The highest BCUT2D eigenvalue weighted by molar-refractivity contribution is 5.87. The van der Waals surface area contributed by atoms with Crippen LogP contribution in [-0.4, -0.2) is 32.5 Å². The Kier molecular flexibility index (Phi) is 6.10. The summed E-state index contributed by atoms with van der Waals surface area (Å²) in [4.78, 5) is 16.3. The van der Waals surface area contributed by atoms with Gasteiger partial charge in [-0.05, 0) is 32.3 Å². The molecule has 0 aliphatic rings. The highest BCUT2D eigenvalue weighted by Gasteiger charge is 2.16. The number of carbonyl (C=O) groups excluding carboxylic acids is 1. The molecule has 0 spiro atoms. The van der Waals surface area contributed by atoms with Crippen LogP contribution in [0.5, 0.6) is 0 Å². The van der Waals surface area contributed by atoms with Crippen molar-refractivity contribution in [3.05, 3.63) is 42.2 Å². The standard InChI is InChI=1S/C16H23N5O2/c1-12(2)21-15(17-11-18-21)20-16(23)19-14(9-6-10-22)13-7-4-3-5-8-13/h3-5,7-8,11-12,14,22H,6,9-10H2,1-2H3,(H2,17,18,19,20,23). The second-order valence-corrected chi connectivity index (χ2v) is 5.55. The molecule has 23 heavy (non-hydrogen) atoms. The topological polar surface area (TPSA) is 92.1 Å². The fraction of sp³-hybridized carbons (Fsp3) is 0.438. The van der Waals surface area contributed by atoms with Gasteiger partial charge in [0, 0.05) is 6.61 Å². The van der Waals surface area contributed by atoms with E-state index in [4.69, 9.17) is 5.11 Å². The van der Waals surface area contributed by atoms with Crippen molar-refractivity contribution < 1.29 is 9.90 Å². The number of aromatic nitrogens is 3. The largest absolute Gasteiger partial charge is 0.396 e. The Morgan fingerprint density at radius 2 is 2.04 bits per heavy atom. The Labute approximate surface area is 135 Å². The van der Waals surface area contributed by atoms with Gasteiger partial charge in [-0.2, -0.15) is 10.1 Å². The zero-order chi connectivity index (χ0) is 16.7. The molecule has 0 aliphatic carbocycles. The summed E-state index contributed by atoms with van der Waals surface area (Å²) in [7, 11) is 0. The molecule has 0 saturated heterocycles. The van der Waals surface area contributed by atoms with Gasteiger partial charge in [-0.15, -0.1) is 0 Å². The minimum atomic E-state index is -0.341. The van der Waals surface area contributed by atoms with Crippen LogP contribution in [-0.2, 0) is 0 Å². The number of anilines is 1. The van der Waals surface area contributed by atoms with Gasteiger partial charge < -0.3 is 10.4 Å². The predicted molar refractivity (Wildman–Crippen MR) is 88.1 cm³/mol. The van der Waals surface area contributed by atoms with E-state index in [0.717, 1.165) is 5.56 Å². The number of amides is 2. The number of benzene rings is 1. The van der Waals surface area contributed by atoms with E-state index in [-0.39, 0.29) is 24.7 Å². The molecule has 1 aromatic heterocycles. The van der Waals surface area contributed by atoms with Crippen LogP contribution in [0.25, 0.3) is 0 Å². The molecular weight excluding hydrogens is 294 g/mol. The van der Waals surface area contributed by atoms with Crippen molar-refractivity contribution in [3.8, 4) is 0 Å². The molecule has 2 rings (SSSR count). The van der Waals surface area contributed by atoms with Gasteiger partial charge in [-0.25, -0.2) is 9.48 Å². The maximum atomic E-state index is 12.3. The van der Waals surface area contributed by atoms with Crippen molar-refractivity contribution in [2.24, 2.45) is 0 Å². The molecule has 1 unspecified atom stereocenters. The second kappa shape index (κ2) is 8.28. The van der Waals surface area contributed by atoms with Gasteiger partial charge in [0.15, 0.2) is 0 Å². The summed E-state index contributed by atoms with van der Waals surface area (Å²) in [6, 6.07) is 9.29. The average molecular weight is 317 g/mol. The summed E-state index contributed by atoms with van der Waals surface area (Å²) < 4.78 is 1.64. The number of aliphatic hydroxyl groups is 1. The smallest absolute Gasteiger partial charge is 0.322 e. The van der Waals surface area contributed by atoms with Gasteiger partial charge >= 0.3 is 6.03 Å². The van der Waals surface area contributed by atoms with Crippen molar-refractivity contribution in [2.45, 2.75) is 38.8 Å². The minimum Gasteiger partial charge on any atom is -0.396 e. The lowest BCUT2D eigenvalue weighted by Crippen LogP contribution is -2.33. The van der Waals surface area contributed by atoms with Crippen LogP contribution >= 0.6 is 0 Å². The summed E-state index contributed by atoms with van der Waals surface area (Å²) >= 11 is 0. The van der Waals surface area contributed by atoms with Gasteiger partial charge in [0.05, 0.1) is 12.1 Å². The minimum absolute atomic E-state index is 0.0916. The normalized spacial score (nSPS) is 12.2. The SMILES string of the molecule is CC(C)n1ncnc1NC(=O)NC(CCCO)c1ccccc1. The van der Waals surface area contributed by atoms with Crippen LogP contribution in [0.4, 0.5) is 10.7 Å². The van der Waals surface area contributed by atoms with Crippen LogP contribution in [0.2, 0.25) is 0 Å². The highest BCUT2D eigenvalue weighted by atomic mass is 16.3. The second-order valence-electron chi connectivity index (χ2n) is 5.55. The molecule has 1 atom stereocenters. The third kappa shape index (κ3) is 4.79. The molecule has 1 aromatic carbocycles. The van der Waals surface area contributed by atoms with Crippen LogP contribution in [0.3, 0.4) is 0 Å². The molecule has 0 bridgehead atoms. The van der Waals surface area contributed by atoms with E-state index in [2.05, 4.69) is 20.7 Å². The molecule has 7 nitrogen and oxygen atoms in total. The van der Waals surface area contributed by atoms with E-state index < -0.39 is 0 Å². The summed E-state index contributed by atoms with van der Waals surface area (Å²) in [5.74, 6) is 0.409. The van der Waals surface area contributed by atoms with Crippen LogP contribution in [0.15, 0.2) is 36.7 Å². The molecule has 0 saturated carbocycles. The van der Waals surface area contributed by atoms with Gasteiger partial charge in [-0.1, -0.05) is 30.3 Å². The van der Waals surface area contributed by atoms with Crippen LogP contribution < -0.4 is 10.6 Å². The fourth-order valence-electron chi connectivity index (χ4n) is 2.32. The molecule has 3 N–H and O–H groups in total. The lowest BCUT2D eigenvalue weighted by Gasteiger charge is -2.19. The summed E-state index contributed by atoms with van der Waals surface area (Å²) in [6.07, 6.45) is 2.68. The molecule has 1 heterocycles. The van der Waals surface area contributed by atoms with Crippen molar-refractivity contribution in [2.75, 3.05) is 11.9 Å². The fourth-order valence-corrected chi connectivity index (χ4v) is 2.32. The number of rotatable bonds is 7. The average Bonchev–Trinajstić information content (AvgIpc) is 3.00. The molecule has 0 aliphatic heterocycles. The highest BCUT2D eigenvalue weighted by Crippen LogP contribution is 2.18. The molecule has 0 fully saturated rings. The Morgan fingerprint density at radius 3 is 2.70 bits per heavy atom. The van der Waals surface area contributed by atoms with Crippen molar-refractivity contribution in [1.29, 1.82) is 0 Å². The van der Waals surface area contributed by atoms with E-state index in [1.54, 1.807) is 4.68 Å². The van der Waals surface area contributed by atoms with Crippen molar-refractivity contribution in [3.63, 3.8) is 0 Å². The first kappa shape index (κ1) is 17.0. The summed E-state index contributed by atoms with van der Waals surface area (Å²) in [5, 5.41) is 18.8. The number of hydrogen-bond acceptors (Lipinski definition) is 4. The number of nitrogens with zero attached hydrogens (tertiary/aromatic N) is 3. The van der Waals surface area contributed by atoms with Gasteiger partial charge in [-0.3, -0.25) is 5.32 Å². The third-order valence-corrected chi connectivity index (χ3v) is 3.45. The van der Waals surface area contributed by atoms with Gasteiger partial charge in [0.2, 0.25) is 5.95 Å². The number of nitrogens with one attached hydrogen (secondary N) is 2. The molecule has 0 radical (unpaired) electrons. The maximum Gasteiger partial charge on any atom is 0.322 e. The van der Waals surface area contributed by atoms with Crippen molar-refractivity contribution in [1.82, 2.24) is 20.1 Å². The molecule has 124 valence electrons.